The van der Waals surface area contributed by atoms with Gasteiger partial charge in [0, 0.05) is 38.0 Å². The maximum absolute atomic E-state index is 12.7. The molecule has 0 saturated carbocycles. The van der Waals surface area contributed by atoms with Gasteiger partial charge in [0.15, 0.2) is 9.84 Å². The van der Waals surface area contributed by atoms with E-state index in [0.29, 0.717) is 38.2 Å². The molecule has 148 valence electrons. The number of carbonyl (C=O) groups is 1. The van der Waals surface area contributed by atoms with Crippen LogP contribution in [0.1, 0.15) is 16.8 Å². The summed E-state index contributed by atoms with van der Waals surface area (Å²) in [6.45, 7) is 1.80. The first-order chi connectivity index (χ1) is 13.3. The lowest BCUT2D eigenvalue weighted by molar-refractivity contribution is -0.387. The van der Waals surface area contributed by atoms with Crippen LogP contribution in [-0.2, 0) is 9.84 Å². The molecular weight excluding hydrogens is 382 g/mol. The Kier molecular flexibility index (Phi) is 5.64. The van der Waals surface area contributed by atoms with E-state index in [1.807, 2.05) is 6.07 Å². The van der Waals surface area contributed by atoms with Gasteiger partial charge in [-0.1, -0.05) is 24.3 Å². The first-order valence-corrected chi connectivity index (χ1v) is 10.7. The summed E-state index contributed by atoms with van der Waals surface area (Å²) in [6, 6.07) is 13.3. The van der Waals surface area contributed by atoms with E-state index in [9.17, 15) is 23.3 Å². The molecule has 1 saturated heterocycles. The number of sulfone groups is 1. The quantitative estimate of drug-likeness (QED) is 0.574. The summed E-state index contributed by atoms with van der Waals surface area (Å²) in [4.78, 5) is 26.9. The second-order valence-electron chi connectivity index (χ2n) is 6.65. The van der Waals surface area contributed by atoms with Crippen molar-refractivity contribution in [2.45, 2.75) is 11.3 Å². The van der Waals surface area contributed by atoms with Crippen LogP contribution in [0.15, 0.2) is 53.4 Å². The van der Waals surface area contributed by atoms with Crippen molar-refractivity contribution in [3.8, 4) is 0 Å². The first-order valence-electron chi connectivity index (χ1n) is 8.86. The van der Waals surface area contributed by atoms with Crippen LogP contribution in [0.2, 0.25) is 0 Å². The Labute approximate surface area is 163 Å². The van der Waals surface area contributed by atoms with E-state index in [-0.39, 0.29) is 16.5 Å². The molecule has 0 aliphatic carbocycles. The van der Waals surface area contributed by atoms with E-state index >= 15 is 0 Å². The summed E-state index contributed by atoms with van der Waals surface area (Å²) < 4.78 is 24.0. The van der Waals surface area contributed by atoms with E-state index in [0.717, 1.165) is 6.26 Å². The molecule has 0 bridgehead atoms. The monoisotopic (exact) mass is 403 g/mol. The highest BCUT2D eigenvalue weighted by Crippen LogP contribution is 2.35. The number of rotatable bonds is 4. The number of amides is 1. The van der Waals surface area contributed by atoms with Gasteiger partial charge in [-0.25, -0.2) is 8.42 Å². The van der Waals surface area contributed by atoms with Crippen LogP contribution in [0, 0.1) is 10.1 Å². The van der Waals surface area contributed by atoms with Crippen molar-refractivity contribution < 1.29 is 18.1 Å². The number of nitro benzene ring substituents is 1. The lowest BCUT2D eigenvalue weighted by Crippen LogP contribution is -2.35. The second-order valence-corrected chi connectivity index (χ2v) is 8.64. The average Bonchev–Trinajstić information content (AvgIpc) is 2.93. The fourth-order valence-corrected chi connectivity index (χ4v) is 4.23. The second kappa shape index (κ2) is 7.97. The summed E-state index contributed by atoms with van der Waals surface area (Å²) in [5.74, 6) is -0.0816. The summed E-state index contributed by atoms with van der Waals surface area (Å²) in [7, 11) is -3.74. The predicted octanol–water partition coefficient (Wildman–Crippen LogP) is 2.35. The van der Waals surface area contributed by atoms with Gasteiger partial charge in [0.1, 0.15) is 10.6 Å². The number of nitrogens with zero attached hydrogens (tertiary/aromatic N) is 3. The molecule has 3 rings (SSSR count). The molecule has 1 heterocycles. The molecule has 1 aliphatic heterocycles. The van der Waals surface area contributed by atoms with E-state index < -0.39 is 20.4 Å². The highest BCUT2D eigenvalue weighted by molar-refractivity contribution is 7.90. The fourth-order valence-electron chi connectivity index (χ4n) is 3.37. The van der Waals surface area contributed by atoms with Crippen molar-refractivity contribution in [1.29, 1.82) is 0 Å². The zero-order valence-corrected chi connectivity index (χ0v) is 16.3. The van der Waals surface area contributed by atoms with Crippen LogP contribution in [0.4, 0.5) is 11.4 Å². The van der Waals surface area contributed by atoms with Gasteiger partial charge in [-0.2, -0.15) is 0 Å². The Bertz CT molecular complexity index is 992. The van der Waals surface area contributed by atoms with Gasteiger partial charge in [0.25, 0.3) is 5.91 Å². The lowest BCUT2D eigenvalue weighted by atomic mass is 10.2. The standard InChI is InChI=1S/C19H21N3O5S/c1-28(26,27)17-10-5-9-16(18(17)22(24)25)20-11-6-12-21(14-13-20)19(23)15-7-3-2-4-8-15/h2-5,7-10H,6,11-14H2,1H3. The molecule has 0 aromatic heterocycles. The van der Waals surface area contributed by atoms with Gasteiger partial charge in [-0.3, -0.25) is 14.9 Å². The highest BCUT2D eigenvalue weighted by atomic mass is 32.2. The molecule has 0 atom stereocenters. The minimum Gasteiger partial charge on any atom is -0.364 e. The molecule has 2 aromatic rings. The zero-order valence-electron chi connectivity index (χ0n) is 15.4. The molecule has 1 aliphatic rings. The molecule has 0 unspecified atom stereocenters. The van der Waals surface area contributed by atoms with Gasteiger partial charge in [0.2, 0.25) is 0 Å². The Hall–Kier alpha value is -2.94. The SMILES string of the molecule is CS(=O)(=O)c1cccc(N2CCCN(C(=O)c3ccccc3)CC2)c1[N+](=O)[O-]. The number of anilines is 1. The third-order valence-electron chi connectivity index (χ3n) is 4.70. The molecule has 1 amide bonds. The van der Waals surface area contributed by atoms with Crippen LogP contribution in [0.5, 0.6) is 0 Å². The maximum Gasteiger partial charge on any atom is 0.311 e. The molecule has 0 radical (unpaired) electrons. The molecular formula is C19H21N3O5S. The van der Waals surface area contributed by atoms with Gasteiger partial charge in [-0.15, -0.1) is 0 Å². The third kappa shape index (κ3) is 4.14. The topological polar surface area (TPSA) is 101 Å². The summed E-state index contributed by atoms with van der Waals surface area (Å²) >= 11 is 0. The third-order valence-corrected chi connectivity index (χ3v) is 5.83. The van der Waals surface area contributed by atoms with Crippen LogP contribution < -0.4 is 4.90 Å². The molecule has 0 spiro atoms. The van der Waals surface area contributed by atoms with E-state index in [1.165, 1.54) is 12.1 Å². The van der Waals surface area contributed by atoms with Crippen LogP contribution in [-0.4, -0.2) is 56.6 Å². The summed E-state index contributed by atoms with van der Waals surface area (Å²) in [5, 5.41) is 11.6. The Morgan fingerprint density at radius 2 is 1.71 bits per heavy atom. The summed E-state index contributed by atoms with van der Waals surface area (Å²) in [5.41, 5.74) is 0.454. The summed E-state index contributed by atoms with van der Waals surface area (Å²) in [6.07, 6.45) is 1.58. The van der Waals surface area contributed by atoms with Crippen LogP contribution in [0.25, 0.3) is 0 Å². The Morgan fingerprint density at radius 1 is 1.00 bits per heavy atom. The Balaban J connectivity index is 1.87. The highest BCUT2D eigenvalue weighted by Gasteiger charge is 2.30. The number of carbonyl (C=O) groups excluding carboxylic acids is 1. The zero-order chi connectivity index (χ0) is 20.3. The van der Waals surface area contributed by atoms with Crippen molar-refractivity contribution in [1.82, 2.24) is 4.90 Å². The molecule has 8 nitrogen and oxygen atoms in total. The van der Waals surface area contributed by atoms with Gasteiger partial charge in [0.05, 0.1) is 4.92 Å². The molecule has 0 N–H and O–H groups in total. The fraction of sp³-hybridized carbons (Fsp3) is 0.316. The molecule has 9 heteroatoms. The minimum absolute atomic E-state index is 0.0816. The van der Waals surface area contributed by atoms with Gasteiger partial charge < -0.3 is 9.80 Å². The van der Waals surface area contributed by atoms with Crippen LogP contribution in [0.3, 0.4) is 0 Å². The van der Waals surface area contributed by atoms with Crippen molar-refractivity contribution in [3.05, 3.63) is 64.2 Å². The molecule has 1 fully saturated rings. The molecule has 28 heavy (non-hydrogen) atoms. The first kappa shape index (κ1) is 19.8. The van der Waals surface area contributed by atoms with Gasteiger partial charge >= 0.3 is 5.69 Å². The number of benzene rings is 2. The Morgan fingerprint density at radius 3 is 2.36 bits per heavy atom. The smallest absolute Gasteiger partial charge is 0.311 e. The van der Waals surface area contributed by atoms with Crippen LogP contribution >= 0.6 is 0 Å². The number of hydrogen-bond donors (Lipinski definition) is 0. The van der Waals surface area contributed by atoms with Crippen molar-refractivity contribution in [2.24, 2.45) is 0 Å². The lowest BCUT2D eigenvalue weighted by Gasteiger charge is -2.24. The van der Waals surface area contributed by atoms with Crippen molar-refractivity contribution >= 4 is 27.1 Å². The van der Waals surface area contributed by atoms with E-state index in [1.54, 1.807) is 40.1 Å². The van der Waals surface area contributed by atoms with Crippen molar-refractivity contribution in [3.63, 3.8) is 0 Å². The number of nitro groups is 1. The van der Waals surface area contributed by atoms with Gasteiger partial charge in [-0.05, 0) is 30.7 Å². The predicted molar refractivity (Wildman–Crippen MR) is 105 cm³/mol. The van der Waals surface area contributed by atoms with E-state index in [2.05, 4.69) is 0 Å². The minimum atomic E-state index is -3.74. The normalized spacial score (nSPS) is 15.2. The largest absolute Gasteiger partial charge is 0.364 e. The number of hydrogen-bond acceptors (Lipinski definition) is 6. The average molecular weight is 403 g/mol. The molecule has 2 aromatic carbocycles. The van der Waals surface area contributed by atoms with E-state index in [4.69, 9.17) is 0 Å². The van der Waals surface area contributed by atoms with Crippen molar-refractivity contribution in [2.75, 3.05) is 37.3 Å². The maximum atomic E-state index is 12.7. The number of para-hydroxylation sites is 1.